The van der Waals surface area contributed by atoms with E-state index in [1.807, 2.05) is 6.92 Å². The molecule has 1 N–H and O–H groups in total. The number of hydrogen-bond donors (Lipinski definition) is 1. The number of non-ortho nitro benzene ring substituents is 1. The molecule has 0 aromatic heterocycles. The van der Waals surface area contributed by atoms with Crippen molar-refractivity contribution in [3.8, 4) is 0 Å². The van der Waals surface area contributed by atoms with Gasteiger partial charge in [-0.05, 0) is 12.0 Å². The minimum Gasteiger partial charge on any atom is -0.481 e. The fourth-order valence-electron chi connectivity index (χ4n) is 2.75. The van der Waals surface area contributed by atoms with E-state index in [4.69, 9.17) is 0 Å². The smallest absolute Gasteiger partial charge is 0.309 e. The van der Waals surface area contributed by atoms with Crippen LogP contribution < -0.4 is 0 Å². The number of carbonyl (C=O) groups is 2. The molecule has 0 bridgehead atoms. The zero-order valence-electron chi connectivity index (χ0n) is 11.6. The van der Waals surface area contributed by atoms with Crippen LogP contribution in [0, 0.1) is 16.0 Å². The first-order valence-electron chi connectivity index (χ1n) is 6.72. The summed E-state index contributed by atoms with van der Waals surface area (Å²) in [5.41, 5.74) is 0.392. The molecule has 1 heterocycles. The van der Waals surface area contributed by atoms with Crippen molar-refractivity contribution in [1.29, 1.82) is 0 Å². The molecule has 7 heteroatoms. The van der Waals surface area contributed by atoms with Crippen LogP contribution in [0.1, 0.15) is 31.4 Å². The summed E-state index contributed by atoms with van der Waals surface area (Å²) in [4.78, 5) is 35.2. The third-order valence-corrected chi connectivity index (χ3v) is 3.64. The number of rotatable bonds is 5. The van der Waals surface area contributed by atoms with Crippen molar-refractivity contribution in [2.24, 2.45) is 5.92 Å². The highest BCUT2D eigenvalue weighted by atomic mass is 16.6. The number of hydrogen-bond acceptors (Lipinski definition) is 4. The summed E-state index contributed by atoms with van der Waals surface area (Å²) in [5.74, 6) is -2.15. The first-order valence-corrected chi connectivity index (χ1v) is 6.72. The van der Waals surface area contributed by atoms with Gasteiger partial charge in [-0.15, -0.1) is 0 Å². The largest absolute Gasteiger partial charge is 0.481 e. The maximum Gasteiger partial charge on any atom is 0.309 e. The second kappa shape index (κ2) is 5.90. The van der Waals surface area contributed by atoms with E-state index >= 15 is 0 Å². The third kappa shape index (κ3) is 2.86. The van der Waals surface area contributed by atoms with E-state index in [1.54, 1.807) is 6.07 Å². The van der Waals surface area contributed by atoms with E-state index in [0.717, 1.165) is 0 Å². The number of carbonyl (C=O) groups excluding carboxylic acids is 1. The normalized spacial score (nSPS) is 21.6. The molecule has 1 aromatic rings. The molecule has 0 spiro atoms. The standard InChI is InChI=1S/C14H16N2O5/c1-2-6-15-12(17)8-11(14(18)19)13(15)9-4-3-5-10(7-9)16(20)21/h3-5,7,11,13H,2,6,8H2,1H3,(H,18,19). The molecular weight excluding hydrogens is 276 g/mol. The van der Waals surface area contributed by atoms with Crippen LogP contribution in [0.3, 0.4) is 0 Å². The van der Waals surface area contributed by atoms with Crippen LogP contribution in [0.15, 0.2) is 24.3 Å². The molecule has 0 saturated carbocycles. The molecule has 1 aromatic carbocycles. The van der Waals surface area contributed by atoms with E-state index in [9.17, 15) is 24.8 Å². The number of benzene rings is 1. The summed E-state index contributed by atoms with van der Waals surface area (Å²) in [6.07, 6.45) is 0.631. The Morgan fingerprint density at radius 3 is 2.81 bits per heavy atom. The van der Waals surface area contributed by atoms with Gasteiger partial charge in [0, 0.05) is 25.1 Å². The predicted octanol–water partition coefficient (Wildman–Crippen LogP) is 1.98. The number of carboxylic acids is 1. The molecule has 1 fully saturated rings. The summed E-state index contributed by atoms with van der Waals surface area (Å²) >= 11 is 0. The van der Waals surface area contributed by atoms with Crippen molar-refractivity contribution >= 4 is 17.6 Å². The molecule has 2 atom stereocenters. The Labute approximate surface area is 121 Å². The van der Waals surface area contributed by atoms with Crippen LogP contribution >= 0.6 is 0 Å². The van der Waals surface area contributed by atoms with Crippen molar-refractivity contribution in [3.05, 3.63) is 39.9 Å². The highest BCUT2D eigenvalue weighted by Gasteiger charge is 2.44. The lowest BCUT2D eigenvalue weighted by Gasteiger charge is -2.26. The van der Waals surface area contributed by atoms with Crippen LogP contribution in [0.5, 0.6) is 0 Å². The maximum absolute atomic E-state index is 12.0. The fourth-order valence-corrected chi connectivity index (χ4v) is 2.75. The van der Waals surface area contributed by atoms with Crippen molar-refractivity contribution in [2.45, 2.75) is 25.8 Å². The Bertz CT molecular complexity index is 586. The maximum atomic E-state index is 12.0. The number of nitro benzene ring substituents is 1. The van der Waals surface area contributed by atoms with Gasteiger partial charge < -0.3 is 10.0 Å². The topological polar surface area (TPSA) is 101 Å². The number of nitrogens with zero attached hydrogens (tertiary/aromatic N) is 2. The van der Waals surface area contributed by atoms with Gasteiger partial charge >= 0.3 is 5.97 Å². The van der Waals surface area contributed by atoms with Crippen molar-refractivity contribution in [2.75, 3.05) is 6.54 Å². The van der Waals surface area contributed by atoms with Gasteiger partial charge in [0.25, 0.3) is 5.69 Å². The van der Waals surface area contributed by atoms with Crippen molar-refractivity contribution in [1.82, 2.24) is 4.90 Å². The molecule has 2 rings (SSSR count). The molecule has 7 nitrogen and oxygen atoms in total. The first-order chi connectivity index (χ1) is 9.95. The van der Waals surface area contributed by atoms with Crippen LogP contribution in [0.25, 0.3) is 0 Å². The van der Waals surface area contributed by atoms with Gasteiger partial charge in [-0.25, -0.2) is 0 Å². The van der Waals surface area contributed by atoms with Gasteiger partial charge in [-0.3, -0.25) is 19.7 Å². The second-order valence-corrected chi connectivity index (χ2v) is 5.03. The van der Waals surface area contributed by atoms with Gasteiger partial charge in [0.05, 0.1) is 16.9 Å². The quantitative estimate of drug-likeness (QED) is 0.660. The van der Waals surface area contributed by atoms with Crippen LogP contribution in [0.4, 0.5) is 5.69 Å². The molecule has 112 valence electrons. The summed E-state index contributed by atoms with van der Waals surface area (Å²) in [7, 11) is 0. The molecule has 2 unspecified atom stereocenters. The molecule has 1 aliphatic heterocycles. The highest BCUT2D eigenvalue weighted by Crippen LogP contribution is 2.39. The van der Waals surface area contributed by atoms with Crippen molar-refractivity contribution in [3.63, 3.8) is 0 Å². The number of nitro groups is 1. The van der Waals surface area contributed by atoms with E-state index in [-0.39, 0.29) is 18.0 Å². The van der Waals surface area contributed by atoms with Gasteiger partial charge in [0.15, 0.2) is 0 Å². The Kier molecular flexibility index (Phi) is 4.21. The predicted molar refractivity (Wildman–Crippen MR) is 73.6 cm³/mol. The Balaban J connectivity index is 2.44. The molecule has 1 amide bonds. The Hall–Kier alpha value is -2.44. The third-order valence-electron chi connectivity index (χ3n) is 3.64. The highest BCUT2D eigenvalue weighted by molar-refractivity contribution is 5.87. The van der Waals surface area contributed by atoms with E-state index in [0.29, 0.717) is 18.5 Å². The minimum absolute atomic E-state index is 0.0668. The molecule has 0 aliphatic carbocycles. The van der Waals surface area contributed by atoms with E-state index in [2.05, 4.69) is 0 Å². The van der Waals surface area contributed by atoms with Gasteiger partial charge in [-0.1, -0.05) is 19.1 Å². The molecule has 0 radical (unpaired) electrons. The average Bonchev–Trinajstić information content (AvgIpc) is 2.77. The zero-order chi connectivity index (χ0) is 15.6. The number of amides is 1. The molecular formula is C14H16N2O5. The monoisotopic (exact) mass is 292 g/mol. The fraction of sp³-hybridized carbons (Fsp3) is 0.429. The molecule has 1 aliphatic rings. The average molecular weight is 292 g/mol. The number of carboxylic acid groups (broad SMARTS) is 1. The van der Waals surface area contributed by atoms with Crippen LogP contribution in [-0.2, 0) is 9.59 Å². The lowest BCUT2D eigenvalue weighted by Crippen LogP contribution is -2.31. The summed E-state index contributed by atoms with van der Waals surface area (Å²) < 4.78 is 0. The first kappa shape index (κ1) is 15.0. The minimum atomic E-state index is -1.06. The van der Waals surface area contributed by atoms with Crippen molar-refractivity contribution < 1.29 is 19.6 Å². The lowest BCUT2D eigenvalue weighted by atomic mass is 9.93. The second-order valence-electron chi connectivity index (χ2n) is 5.03. The van der Waals surface area contributed by atoms with Crippen LogP contribution in [-0.4, -0.2) is 33.4 Å². The number of aliphatic carboxylic acids is 1. The number of likely N-dealkylation sites (tertiary alicyclic amines) is 1. The summed E-state index contributed by atoms with van der Waals surface area (Å²) in [6, 6.07) is 5.20. The molecule has 21 heavy (non-hydrogen) atoms. The zero-order valence-corrected chi connectivity index (χ0v) is 11.6. The SMILES string of the molecule is CCCN1C(=O)CC(C(=O)O)C1c1cccc([N+](=O)[O-])c1. The van der Waals surface area contributed by atoms with Gasteiger partial charge in [0.2, 0.25) is 5.91 Å². The summed E-state index contributed by atoms with van der Waals surface area (Å²) in [5, 5.41) is 20.2. The Morgan fingerprint density at radius 2 is 2.24 bits per heavy atom. The van der Waals surface area contributed by atoms with Crippen LogP contribution in [0.2, 0.25) is 0 Å². The lowest BCUT2D eigenvalue weighted by molar-refractivity contribution is -0.385. The van der Waals surface area contributed by atoms with Gasteiger partial charge in [0.1, 0.15) is 0 Å². The molecule has 1 saturated heterocycles. The van der Waals surface area contributed by atoms with E-state index < -0.39 is 22.9 Å². The summed E-state index contributed by atoms with van der Waals surface area (Å²) in [6.45, 7) is 2.34. The Morgan fingerprint density at radius 1 is 1.52 bits per heavy atom. The van der Waals surface area contributed by atoms with Gasteiger partial charge in [-0.2, -0.15) is 0 Å². The van der Waals surface area contributed by atoms with E-state index in [1.165, 1.54) is 23.1 Å².